The second-order valence-corrected chi connectivity index (χ2v) is 6.05. The number of nitrogens with one attached hydrogen (secondary N) is 1. The van der Waals surface area contributed by atoms with Crippen molar-refractivity contribution >= 4 is 29.2 Å². The Labute approximate surface area is 124 Å². The number of hydrogen-bond acceptors (Lipinski definition) is 5. The zero-order valence-corrected chi connectivity index (χ0v) is 13.1. The molecule has 1 unspecified atom stereocenters. The molecule has 106 valence electrons. The largest absolute Gasteiger partial charge is 0.368 e. The number of piperidine rings is 1. The molecule has 19 heavy (non-hydrogen) atoms. The predicted octanol–water partition coefficient (Wildman–Crippen LogP) is 3.14. The summed E-state index contributed by atoms with van der Waals surface area (Å²) in [5, 5.41) is 4.57. The van der Waals surface area contributed by atoms with Gasteiger partial charge in [0.1, 0.15) is 11.0 Å². The summed E-state index contributed by atoms with van der Waals surface area (Å²) in [5.74, 6) is 0.813. The van der Waals surface area contributed by atoms with Gasteiger partial charge < -0.3 is 5.32 Å². The van der Waals surface area contributed by atoms with E-state index in [-0.39, 0.29) is 0 Å². The van der Waals surface area contributed by atoms with Crippen molar-refractivity contribution in [1.82, 2.24) is 14.9 Å². The van der Waals surface area contributed by atoms with E-state index >= 15 is 0 Å². The first-order valence-electron chi connectivity index (χ1n) is 6.75. The van der Waals surface area contributed by atoms with Crippen LogP contribution >= 0.6 is 23.4 Å². The lowest BCUT2D eigenvalue weighted by Crippen LogP contribution is -2.41. The van der Waals surface area contributed by atoms with Crippen LogP contribution in [-0.2, 0) is 0 Å². The van der Waals surface area contributed by atoms with E-state index in [0.717, 1.165) is 12.4 Å². The minimum absolute atomic E-state index is 0.493. The van der Waals surface area contributed by atoms with E-state index in [9.17, 15) is 0 Å². The van der Waals surface area contributed by atoms with Gasteiger partial charge in [-0.15, -0.1) is 0 Å². The number of anilines is 1. The van der Waals surface area contributed by atoms with E-state index in [0.29, 0.717) is 16.4 Å². The van der Waals surface area contributed by atoms with Crippen LogP contribution in [0.25, 0.3) is 0 Å². The van der Waals surface area contributed by atoms with Gasteiger partial charge in [-0.2, -0.15) is 0 Å². The van der Waals surface area contributed by atoms with Gasteiger partial charge in [0.05, 0.1) is 0 Å². The minimum Gasteiger partial charge on any atom is -0.368 e. The van der Waals surface area contributed by atoms with Gasteiger partial charge in [-0.05, 0) is 39.1 Å². The number of hydrogen-bond donors (Lipinski definition) is 1. The van der Waals surface area contributed by atoms with E-state index in [1.165, 1.54) is 44.1 Å². The Kier molecular flexibility index (Phi) is 5.73. The molecule has 1 aromatic rings. The quantitative estimate of drug-likeness (QED) is 0.514. The first-order valence-corrected chi connectivity index (χ1v) is 8.36. The predicted molar refractivity (Wildman–Crippen MR) is 82.2 cm³/mol. The van der Waals surface area contributed by atoms with Gasteiger partial charge in [0, 0.05) is 18.7 Å². The van der Waals surface area contributed by atoms with Gasteiger partial charge in [-0.3, -0.25) is 4.90 Å². The van der Waals surface area contributed by atoms with Crippen molar-refractivity contribution in [3.8, 4) is 0 Å². The Balaban J connectivity index is 1.88. The molecule has 2 heterocycles. The molecule has 1 aromatic heterocycles. The molecule has 0 amide bonds. The summed E-state index contributed by atoms with van der Waals surface area (Å²) in [6.45, 7) is 5.57. The van der Waals surface area contributed by atoms with Crippen molar-refractivity contribution in [1.29, 1.82) is 0 Å². The van der Waals surface area contributed by atoms with Crippen molar-refractivity contribution < 1.29 is 0 Å². The molecule has 0 aliphatic carbocycles. The highest BCUT2D eigenvalue weighted by molar-refractivity contribution is 7.98. The average molecular weight is 301 g/mol. The van der Waals surface area contributed by atoms with Gasteiger partial charge in [0.25, 0.3) is 0 Å². The standard InChI is InChI=1S/C13H21ClN4S/c1-10(18-6-4-3-5-7-18)9-15-12-8-11(14)16-13(17-12)19-2/h8,10H,3-7,9H2,1-2H3,(H,15,16,17). The highest BCUT2D eigenvalue weighted by Gasteiger charge is 2.16. The normalized spacial score (nSPS) is 18.3. The topological polar surface area (TPSA) is 41.1 Å². The van der Waals surface area contributed by atoms with Gasteiger partial charge in [-0.1, -0.05) is 29.8 Å². The van der Waals surface area contributed by atoms with Crippen LogP contribution in [0.1, 0.15) is 26.2 Å². The summed E-state index contributed by atoms with van der Waals surface area (Å²) >= 11 is 7.48. The summed E-state index contributed by atoms with van der Waals surface area (Å²) in [6, 6.07) is 2.30. The number of halogens is 1. The Morgan fingerprint density at radius 2 is 2.11 bits per heavy atom. The lowest BCUT2D eigenvalue weighted by atomic mass is 10.1. The zero-order valence-electron chi connectivity index (χ0n) is 11.5. The number of thioether (sulfide) groups is 1. The lowest BCUT2D eigenvalue weighted by molar-refractivity contribution is 0.180. The van der Waals surface area contributed by atoms with Gasteiger partial charge in [0.15, 0.2) is 5.16 Å². The third-order valence-electron chi connectivity index (χ3n) is 3.45. The van der Waals surface area contributed by atoms with Crippen molar-refractivity contribution in [3.63, 3.8) is 0 Å². The van der Waals surface area contributed by atoms with Crippen LogP contribution in [-0.4, -0.2) is 46.8 Å². The maximum atomic E-state index is 5.98. The number of nitrogens with zero attached hydrogens (tertiary/aromatic N) is 3. The van der Waals surface area contributed by atoms with Gasteiger partial charge >= 0.3 is 0 Å². The first-order chi connectivity index (χ1) is 9.19. The first kappa shape index (κ1) is 14.9. The fourth-order valence-corrected chi connectivity index (χ4v) is 2.93. The SMILES string of the molecule is CSc1nc(Cl)cc(NCC(C)N2CCCCC2)n1. The molecule has 0 aromatic carbocycles. The summed E-state index contributed by atoms with van der Waals surface area (Å²) in [5.41, 5.74) is 0. The molecule has 0 radical (unpaired) electrons. The van der Waals surface area contributed by atoms with Crippen LogP contribution in [0.5, 0.6) is 0 Å². The molecule has 1 aliphatic heterocycles. The molecule has 1 aliphatic rings. The highest BCUT2D eigenvalue weighted by Crippen LogP contribution is 2.18. The molecule has 1 saturated heterocycles. The zero-order chi connectivity index (χ0) is 13.7. The Morgan fingerprint density at radius 1 is 1.37 bits per heavy atom. The number of rotatable bonds is 5. The van der Waals surface area contributed by atoms with E-state index in [1.807, 2.05) is 6.26 Å². The Bertz CT molecular complexity index is 410. The Hall–Kier alpha value is -0.520. The molecular weight excluding hydrogens is 280 g/mol. The lowest BCUT2D eigenvalue weighted by Gasteiger charge is -2.32. The summed E-state index contributed by atoms with van der Waals surface area (Å²) in [6.07, 6.45) is 5.96. The molecule has 0 spiro atoms. The molecule has 4 nitrogen and oxygen atoms in total. The van der Waals surface area contributed by atoms with Crippen LogP contribution < -0.4 is 5.32 Å². The second-order valence-electron chi connectivity index (χ2n) is 4.89. The molecule has 0 saturated carbocycles. The fourth-order valence-electron chi connectivity index (χ4n) is 2.32. The monoisotopic (exact) mass is 300 g/mol. The van der Waals surface area contributed by atoms with Crippen LogP contribution in [0.4, 0.5) is 5.82 Å². The van der Waals surface area contributed by atoms with E-state index in [2.05, 4.69) is 27.1 Å². The minimum atomic E-state index is 0.493. The van der Waals surface area contributed by atoms with Crippen molar-refractivity contribution in [2.24, 2.45) is 0 Å². The van der Waals surface area contributed by atoms with Crippen molar-refractivity contribution in [2.75, 3.05) is 31.2 Å². The second kappa shape index (κ2) is 7.31. The number of likely N-dealkylation sites (tertiary alicyclic amines) is 1. The van der Waals surface area contributed by atoms with Crippen molar-refractivity contribution in [2.45, 2.75) is 37.4 Å². The molecular formula is C13H21ClN4S. The fraction of sp³-hybridized carbons (Fsp3) is 0.692. The van der Waals surface area contributed by atoms with E-state index < -0.39 is 0 Å². The van der Waals surface area contributed by atoms with Crippen LogP contribution in [0.2, 0.25) is 5.15 Å². The molecule has 1 N–H and O–H groups in total. The van der Waals surface area contributed by atoms with E-state index in [1.54, 1.807) is 6.07 Å². The smallest absolute Gasteiger partial charge is 0.190 e. The molecule has 0 bridgehead atoms. The van der Waals surface area contributed by atoms with Crippen LogP contribution in [0.3, 0.4) is 0 Å². The van der Waals surface area contributed by atoms with Crippen molar-refractivity contribution in [3.05, 3.63) is 11.2 Å². The third kappa shape index (κ3) is 4.51. The Morgan fingerprint density at radius 3 is 2.79 bits per heavy atom. The third-order valence-corrected chi connectivity index (χ3v) is 4.19. The van der Waals surface area contributed by atoms with Gasteiger partial charge in [0.2, 0.25) is 0 Å². The van der Waals surface area contributed by atoms with Crippen LogP contribution in [0, 0.1) is 0 Å². The average Bonchev–Trinajstić information content (AvgIpc) is 2.45. The summed E-state index contributed by atoms with van der Waals surface area (Å²) < 4.78 is 0. The van der Waals surface area contributed by atoms with Gasteiger partial charge in [-0.25, -0.2) is 9.97 Å². The maximum Gasteiger partial charge on any atom is 0.190 e. The molecule has 2 rings (SSSR count). The highest BCUT2D eigenvalue weighted by atomic mass is 35.5. The molecule has 1 atom stereocenters. The molecule has 1 fully saturated rings. The van der Waals surface area contributed by atoms with Crippen LogP contribution in [0.15, 0.2) is 11.2 Å². The maximum absolute atomic E-state index is 5.98. The number of aromatic nitrogens is 2. The summed E-state index contributed by atoms with van der Waals surface area (Å²) in [4.78, 5) is 11.1. The van der Waals surface area contributed by atoms with E-state index in [4.69, 9.17) is 11.6 Å². The summed E-state index contributed by atoms with van der Waals surface area (Å²) in [7, 11) is 0. The molecule has 6 heteroatoms.